The van der Waals surface area contributed by atoms with Gasteiger partial charge in [0.1, 0.15) is 6.54 Å². The highest BCUT2D eigenvalue weighted by Crippen LogP contribution is 2.31. The molecule has 0 atom stereocenters. The summed E-state index contributed by atoms with van der Waals surface area (Å²) in [6.07, 6.45) is 4.42. The van der Waals surface area contributed by atoms with Gasteiger partial charge in [0.25, 0.3) is 0 Å². The number of carbonyl (C=O) groups is 1. The standard InChI is InChI=1S/C14H16N2O2/c17-14(18)10-16-9-13(15-7-3-4-8-15)11-5-1-2-6-12(11)16/h1-2,5-6,9H,3-4,7-8,10H2,(H,17,18). The zero-order valence-electron chi connectivity index (χ0n) is 10.2. The molecule has 1 aromatic carbocycles. The van der Waals surface area contributed by atoms with Crippen molar-refractivity contribution in [1.82, 2.24) is 4.57 Å². The summed E-state index contributed by atoms with van der Waals surface area (Å²) in [5.41, 5.74) is 2.17. The maximum Gasteiger partial charge on any atom is 0.323 e. The number of hydrogen-bond acceptors (Lipinski definition) is 2. The maximum atomic E-state index is 10.9. The second-order valence-corrected chi connectivity index (χ2v) is 4.75. The zero-order chi connectivity index (χ0) is 12.5. The molecule has 1 N–H and O–H groups in total. The van der Waals surface area contributed by atoms with E-state index in [1.807, 2.05) is 29.0 Å². The first kappa shape index (κ1) is 11.1. The Kier molecular flexibility index (Phi) is 2.70. The maximum absolute atomic E-state index is 10.9. The smallest absolute Gasteiger partial charge is 0.323 e. The molecular weight excluding hydrogens is 228 g/mol. The molecule has 0 radical (unpaired) electrons. The van der Waals surface area contributed by atoms with Crippen molar-refractivity contribution >= 4 is 22.6 Å². The van der Waals surface area contributed by atoms with E-state index in [9.17, 15) is 4.79 Å². The topological polar surface area (TPSA) is 45.5 Å². The highest BCUT2D eigenvalue weighted by atomic mass is 16.4. The summed E-state index contributed by atoms with van der Waals surface area (Å²) < 4.78 is 1.82. The molecule has 0 amide bonds. The summed E-state index contributed by atoms with van der Waals surface area (Å²) in [5.74, 6) is -0.802. The average Bonchev–Trinajstić information content (AvgIpc) is 2.96. The Morgan fingerprint density at radius 3 is 2.67 bits per heavy atom. The fraction of sp³-hybridized carbons (Fsp3) is 0.357. The third kappa shape index (κ3) is 1.83. The number of carboxylic acid groups (broad SMARTS) is 1. The first-order valence-electron chi connectivity index (χ1n) is 6.30. The molecular formula is C14H16N2O2. The van der Waals surface area contributed by atoms with E-state index in [0.717, 1.165) is 24.0 Å². The number of hydrogen-bond donors (Lipinski definition) is 1. The van der Waals surface area contributed by atoms with Gasteiger partial charge in [-0.3, -0.25) is 4.79 Å². The highest BCUT2D eigenvalue weighted by Gasteiger charge is 2.18. The van der Waals surface area contributed by atoms with Gasteiger partial charge in [-0.15, -0.1) is 0 Å². The third-order valence-electron chi connectivity index (χ3n) is 3.52. The lowest BCUT2D eigenvalue weighted by atomic mass is 10.2. The summed E-state index contributed by atoms with van der Waals surface area (Å²) in [6, 6.07) is 8.01. The van der Waals surface area contributed by atoms with Gasteiger partial charge in [0.2, 0.25) is 0 Å². The molecule has 0 aliphatic carbocycles. The number of benzene rings is 1. The van der Waals surface area contributed by atoms with Crippen molar-refractivity contribution in [3.05, 3.63) is 30.5 Å². The molecule has 2 heterocycles. The van der Waals surface area contributed by atoms with Crippen LogP contribution in [0.5, 0.6) is 0 Å². The summed E-state index contributed by atoms with van der Waals surface area (Å²) in [6.45, 7) is 2.16. The lowest BCUT2D eigenvalue weighted by molar-refractivity contribution is -0.137. The largest absolute Gasteiger partial charge is 0.480 e. The van der Waals surface area contributed by atoms with Gasteiger partial charge in [0.15, 0.2) is 0 Å². The number of nitrogens with zero attached hydrogens (tertiary/aromatic N) is 2. The van der Waals surface area contributed by atoms with Crippen LogP contribution >= 0.6 is 0 Å². The summed E-state index contributed by atoms with van der Waals surface area (Å²) in [4.78, 5) is 13.3. The number of aromatic nitrogens is 1. The number of carboxylic acids is 1. The first-order chi connectivity index (χ1) is 8.75. The second kappa shape index (κ2) is 4.37. The van der Waals surface area contributed by atoms with Gasteiger partial charge >= 0.3 is 5.97 Å². The van der Waals surface area contributed by atoms with Crippen LogP contribution in [0.25, 0.3) is 10.9 Å². The second-order valence-electron chi connectivity index (χ2n) is 4.75. The quantitative estimate of drug-likeness (QED) is 0.901. The Bertz CT molecular complexity index is 582. The molecule has 18 heavy (non-hydrogen) atoms. The number of para-hydroxylation sites is 1. The van der Waals surface area contributed by atoms with Crippen LogP contribution in [0, 0.1) is 0 Å². The van der Waals surface area contributed by atoms with Crippen molar-refractivity contribution in [1.29, 1.82) is 0 Å². The van der Waals surface area contributed by atoms with Crippen molar-refractivity contribution in [3.8, 4) is 0 Å². The van der Waals surface area contributed by atoms with Crippen molar-refractivity contribution in [2.45, 2.75) is 19.4 Å². The molecule has 1 aliphatic heterocycles. The molecule has 0 bridgehead atoms. The van der Waals surface area contributed by atoms with Crippen molar-refractivity contribution in [2.75, 3.05) is 18.0 Å². The lowest BCUT2D eigenvalue weighted by Gasteiger charge is -2.15. The molecule has 4 nitrogen and oxygen atoms in total. The van der Waals surface area contributed by atoms with Crippen LogP contribution in [0.3, 0.4) is 0 Å². The van der Waals surface area contributed by atoms with Crippen LogP contribution in [0.15, 0.2) is 30.5 Å². The third-order valence-corrected chi connectivity index (χ3v) is 3.52. The van der Waals surface area contributed by atoms with Crippen molar-refractivity contribution in [2.24, 2.45) is 0 Å². The van der Waals surface area contributed by atoms with E-state index in [4.69, 9.17) is 5.11 Å². The molecule has 4 heteroatoms. The number of aliphatic carboxylic acids is 1. The molecule has 1 fully saturated rings. The van der Waals surface area contributed by atoms with Gasteiger partial charge < -0.3 is 14.6 Å². The van der Waals surface area contributed by atoms with Crippen molar-refractivity contribution < 1.29 is 9.90 Å². The first-order valence-corrected chi connectivity index (χ1v) is 6.30. The Labute approximate surface area is 105 Å². The Morgan fingerprint density at radius 1 is 1.22 bits per heavy atom. The minimum absolute atomic E-state index is 0.0222. The Hall–Kier alpha value is -1.97. The molecule has 1 aliphatic rings. The van der Waals surface area contributed by atoms with E-state index in [1.165, 1.54) is 18.5 Å². The van der Waals surface area contributed by atoms with Gasteiger partial charge in [-0.1, -0.05) is 18.2 Å². The van der Waals surface area contributed by atoms with Crippen LogP contribution in [0.4, 0.5) is 5.69 Å². The molecule has 0 unspecified atom stereocenters. The predicted octanol–water partition coefficient (Wildman–Crippen LogP) is 2.33. The zero-order valence-corrected chi connectivity index (χ0v) is 10.2. The molecule has 2 aromatic rings. The molecule has 3 rings (SSSR count). The molecule has 94 valence electrons. The molecule has 1 aromatic heterocycles. The van der Waals surface area contributed by atoms with Gasteiger partial charge in [-0.25, -0.2) is 0 Å². The van der Waals surface area contributed by atoms with Gasteiger partial charge in [-0.2, -0.15) is 0 Å². The van der Waals surface area contributed by atoms with E-state index >= 15 is 0 Å². The van der Waals surface area contributed by atoms with E-state index in [2.05, 4.69) is 11.0 Å². The van der Waals surface area contributed by atoms with E-state index in [0.29, 0.717) is 0 Å². The van der Waals surface area contributed by atoms with E-state index < -0.39 is 5.97 Å². The van der Waals surface area contributed by atoms with Crippen LogP contribution in [0.2, 0.25) is 0 Å². The fourth-order valence-corrected chi connectivity index (χ4v) is 2.71. The van der Waals surface area contributed by atoms with E-state index in [1.54, 1.807) is 0 Å². The monoisotopic (exact) mass is 244 g/mol. The van der Waals surface area contributed by atoms with Crippen LogP contribution in [-0.2, 0) is 11.3 Å². The number of rotatable bonds is 3. The number of anilines is 1. The van der Waals surface area contributed by atoms with E-state index in [-0.39, 0.29) is 6.54 Å². The molecule has 1 saturated heterocycles. The average molecular weight is 244 g/mol. The van der Waals surface area contributed by atoms with Gasteiger partial charge in [0.05, 0.1) is 11.2 Å². The highest BCUT2D eigenvalue weighted by molar-refractivity contribution is 5.94. The predicted molar refractivity (Wildman–Crippen MR) is 71.0 cm³/mol. The van der Waals surface area contributed by atoms with Gasteiger partial charge in [0, 0.05) is 24.7 Å². The minimum Gasteiger partial charge on any atom is -0.480 e. The van der Waals surface area contributed by atoms with Crippen molar-refractivity contribution in [3.63, 3.8) is 0 Å². The molecule has 0 saturated carbocycles. The van der Waals surface area contributed by atoms with Crippen LogP contribution in [0.1, 0.15) is 12.8 Å². The molecule has 0 spiro atoms. The Balaban J connectivity index is 2.10. The summed E-state index contributed by atoms with van der Waals surface area (Å²) in [7, 11) is 0. The minimum atomic E-state index is -0.802. The normalized spacial score (nSPS) is 15.4. The number of fused-ring (bicyclic) bond motifs is 1. The SMILES string of the molecule is O=C(O)Cn1cc(N2CCCC2)c2ccccc21. The van der Waals surface area contributed by atoms with Gasteiger partial charge in [-0.05, 0) is 18.9 Å². The lowest BCUT2D eigenvalue weighted by Crippen LogP contribution is -2.17. The fourth-order valence-electron chi connectivity index (χ4n) is 2.71. The Morgan fingerprint density at radius 2 is 1.94 bits per heavy atom. The summed E-state index contributed by atoms with van der Waals surface area (Å²) >= 11 is 0. The summed E-state index contributed by atoms with van der Waals surface area (Å²) in [5, 5.41) is 10.1. The van der Waals surface area contributed by atoms with Crippen LogP contribution in [-0.4, -0.2) is 28.7 Å². The van der Waals surface area contributed by atoms with Crippen LogP contribution < -0.4 is 4.90 Å².